The summed E-state index contributed by atoms with van der Waals surface area (Å²) in [6.45, 7) is 5.55. The molecule has 0 saturated carbocycles. The van der Waals surface area contributed by atoms with Gasteiger partial charge < -0.3 is 0 Å². The fourth-order valence-corrected chi connectivity index (χ4v) is 15.5. The van der Waals surface area contributed by atoms with Gasteiger partial charge in [-0.25, -0.2) is 0 Å². The summed E-state index contributed by atoms with van der Waals surface area (Å²) in [5, 5.41) is 0. The quantitative estimate of drug-likeness (QED) is 0.0452. The Labute approximate surface area is 349 Å². The topological polar surface area (TPSA) is 26.3 Å². The number of carbonyl (C=O) groups is 1. The molecule has 0 aliphatic heterocycles. The summed E-state index contributed by atoms with van der Waals surface area (Å²) in [5.74, 6) is -1.88. The number of unbranched alkanes of at least 4 members (excludes halogenated alkanes) is 36. The summed E-state index contributed by atoms with van der Waals surface area (Å²) in [5.41, 5.74) is 0. The number of halogens is 3. The van der Waals surface area contributed by atoms with Gasteiger partial charge in [0.2, 0.25) is 0 Å². The fourth-order valence-electron chi connectivity index (χ4n) is 9.14. The molecule has 0 heterocycles. The molecule has 6 heteroatoms. The maximum absolute atomic E-state index is 14.3. The molecule has 0 unspecified atom stereocenters. The Morgan fingerprint density at radius 1 is 0.321 bits per heavy atom. The summed E-state index contributed by atoms with van der Waals surface area (Å²) in [4.78, 5) is 13.1. The maximum atomic E-state index is 14.3. The molecule has 0 aliphatic rings. The van der Waals surface area contributed by atoms with Gasteiger partial charge in [-0.2, -0.15) is 0 Å². The first-order chi connectivity index (χ1) is 27.2. The van der Waals surface area contributed by atoms with Crippen molar-refractivity contribution in [1.29, 1.82) is 0 Å². The van der Waals surface area contributed by atoms with E-state index in [1.165, 1.54) is 180 Å². The van der Waals surface area contributed by atoms with E-state index in [4.69, 9.17) is 4.52 Å². The molecule has 0 saturated heterocycles. The molecule has 0 aromatic heterocycles. The molecule has 0 aromatic carbocycles. The Kier molecular flexibility index (Phi) is 38.6. The summed E-state index contributed by atoms with van der Waals surface area (Å²) in [7, 11) is 0. The zero-order valence-corrected chi connectivity index (χ0v) is 39.4. The third kappa shape index (κ3) is 32.5. The van der Waals surface area contributed by atoms with Crippen molar-refractivity contribution in [3.63, 3.8) is 0 Å². The fraction of sp³-hybridized carbons (Fsp3) is 0.980. The second-order valence-corrected chi connectivity index (χ2v) is 24.0. The van der Waals surface area contributed by atoms with E-state index < -0.39 is 19.0 Å². The molecule has 338 valence electrons. The molecule has 2 nitrogen and oxygen atoms in total. The third-order valence-corrected chi connectivity index (χ3v) is 19.4. The minimum atomic E-state index is -4.94. The van der Waals surface area contributed by atoms with E-state index in [0.29, 0.717) is 0 Å². The zero-order chi connectivity index (χ0) is 41.3. The first-order valence-corrected chi connectivity index (χ1v) is 28.4. The van der Waals surface area contributed by atoms with Gasteiger partial charge in [0.1, 0.15) is 0 Å². The number of carbonyl (C=O) groups excluding carboxylic acids is 1. The standard InChI is InChI=1S/C50H100F3O2P/c1-5-9-13-17-21-25-29-33-37-41-45-56(55-49(54)50(51,52)53,46-42-38-34-30-26-22-18-14-10-6-2,47-43-39-35-31-27-23-19-15-11-7-3)48-44-40-36-32-28-24-20-16-12-8-4/h5-48H2,1-4H3. The van der Waals surface area contributed by atoms with Crippen LogP contribution in [0, 0.1) is 0 Å². The predicted octanol–water partition coefficient (Wildman–Crippen LogP) is 19.2. The molecule has 0 bridgehead atoms. The molecule has 0 fully saturated rings. The number of rotatable bonds is 45. The molecule has 0 spiro atoms. The van der Waals surface area contributed by atoms with E-state index in [2.05, 4.69) is 27.7 Å². The van der Waals surface area contributed by atoms with Gasteiger partial charge >= 0.3 is 351 Å². The van der Waals surface area contributed by atoms with E-state index in [9.17, 15) is 18.0 Å². The molecule has 0 atom stereocenters. The second kappa shape index (κ2) is 38.9. The molecular weight excluding hydrogens is 721 g/mol. The van der Waals surface area contributed by atoms with Gasteiger partial charge in [0, 0.05) is 0 Å². The van der Waals surface area contributed by atoms with Crippen molar-refractivity contribution in [3.8, 4) is 0 Å². The van der Waals surface area contributed by atoms with E-state index >= 15 is 0 Å². The average molecular weight is 821 g/mol. The minimum absolute atomic E-state index is 0.718. The Balaban J connectivity index is 5.89. The zero-order valence-electron chi connectivity index (χ0n) is 38.5. The van der Waals surface area contributed by atoms with Crippen LogP contribution in [0.2, 0.25) is 0 Å². The first kappa shape index (κ1) is 55.7. The molecule has 0 aliphatic carbocycles. The van der Waals surface area contributed by atoms with Crippen molar-refractivity contribution in [2.75, 3.05) is 24.6 Å². The van der Waals surface area contributed by atoms with Crippen LogP contribution in [0.25, 0.3) is 0 Å². The molecule has 0 aromatic rings. The normalized spacial score (nSPS) is 12.9. The van der Waals surface area contributed by atoms with Crippen LogP contribution in [0.1, 0.15) is 285 Å². The van der Waals surface area contributed by atoms with Gasteiger partial charge in [-0.05, 0) is 0 Å². The van der Waals surface area contributed by atoms with Crippen LogP contribution in [0.15, 0.2) is 0 Å². The summed E-state index contributed by atoms with van der Waals surface area (Å²) in [6.07, 6.45) is 46.2. The van der Waals surface area contributed by atoms with Crippen LogP contribution in [0.3, 0.4) is 0 Å². The van der Waals surface area contributed by atoms with Crippen molar-refractivity contribution in [2.45, 2.75) is 291 Å². The number of hydrogen-bond donors (Lipinski definition) is 0. The van der Waals surface area contributed by atoms with Crippen molar-refractivity contribution >= 4 is 12.8 Å². The number of hydrogen-bond acceptors (Lipinski definition) is 2. The van der Waals surface area contributed by atoms with Crippen LogP contribution in [-0.4, -0.2) is 36.8 Å². The van der Waals surface area contributed by atoms with Crippen molar-refractivity contribution in [2.24, 2.45) is 0 Å². The van der Waals surface area contributed by atoms with Crippen LogP contribution < -0.4 is 0 Å². The Hall–Kier alpha value is -0.310. The van der Waals surface area contributed by atoms with Crippen LogP contribution in [0.4, 0.5) is 13.2 Å². The number of alkyl halides is 3. The summed E-state index contributed by atoms with van der Waals surface area (Å²) >= 11 is 0. The van der Waals surface area contributed by atoms with E-state index in [1.54, 1.807) is 0 Å². The van der Waals surface area contributed by atoms with E-state index in [-0.39, 0.29) is 0 Å². The second-order valence-electron chi connectivity index (χ2n) is 18.4. The average Bonchev–Trinajstić information content (AvgIpc) is 3.17. The predicted molar refractivity (Wildman–Crippen MR) is 246 cm³/mol. The van der Waals surface area contributed by atoms with Gasteiger partial charge in [0.25, 0.3) is 0 Å². The van der Waals surface area contributed by atoms with Gasteiger partial charge in [-0.1, -0.05) is 0 Å². The summed E-state index contributed by atoms with van der Waals surface area (Å²) in [6, 6.07) is 0. The molecule has 0 rings (SSSR count). The molecule has 0 amide bonds. The monoisotopic (exact) mass is 821 g/mol. The van der Waals surface area contributed by atoms with Gasteiger partial charge in [0.05, 0.1) is 0 Å². The van der Waals surface area contributed by atoms with E-state index in [1.807, 2.05) is 0 Å². The third-order valence-electron chi connectivity index (χ3n) is 12.9. The van der Waals surface area contributed by atoms with Crippen LogP contribution in [0.5, 0.6) is 0 Å². The Morgan fingerprint density at radius 3 is 0.643 bits per heavy atom. The van der Waals surface area contributed by atoms with Crippen molar-refractivity contribution in [1.82, 2.24) is 0 Å². The summed E-state index contributed by atoms with van der Waals surface area (Å²) < 4.78 is 49.0. The van der Waals surface area contributed by atoms with Crippen LogP contribution in [-0.2, 0) is 9.32 Å². The Bertz CT molecular complexity index is 724. The molecule has 0 N–H and O–H groups in total. The van der Waals surface area contributed by atoms with E-state index in [0.717, 1.165) is 102 Å². The SMILES string of the molecule is CCCCCCCCCCCCP(CCCCCCCCCCCC)(CCCCCCCCCCCC)(CCCCCCCCCCCC)OC(=O)C(F)(F)F. The molecule has 0 radical (unpaired) electrons. The van der Waals surface area contributed by atoms with Crippen molar-refractivity contribution < 1.29 is 22.5 Å². The van der Waals surface area contributed by atoms with Crippen LogP contribution >= 0.6 is 6.83 Å². The van der Waals surface area contributed by atoms with Crippen molar-refractivity contribution in [3.05, 3.63) is 0 Å². The molecule has 56 heavy (non-hydrogen) atoms. The first-order valence-electron chi connectivity index (χ1n) is 25.5. The van der Waals surface area contributed by atoms with Gasteiger partial charge in [-0.3, -0.25) is 0 Å². The Morgan fingerprint density at radius 2 is 0.482 bits per heavy atom. The van der Waals surface area contributed by atoms with Gasteiger partial charge in [-0.15, -0.1) is 0 Å². The molecular formula is C50H100F3O2P. The van der Waals surface area contributed by atoms with Gasteiger partial charge in [0.15, 0.2) is 0 Å².